The van der Waals surface area contributed by atoms with Crippen molar-refractivity contribution >= 4 is 23.2 Å². The first-order chi connectivity index (χ1) is 7.40. The molecule has 0 atom stereocenters. The SMILES string of the molecule is NCC1(c2c(Cl)ncnc2Cl)CC(F)(F)C1. The summed E-state index contributed by atoms with van der Waals surface area (Å²) in [6, 6.07) is 0. The molecule has 0 spiro atoms. The monoisotopic (exact) mass is 267 g/mol. The Morgan fingerprint density at radius 3 is 2.12 bits per heavy atom. The molecule has 1 aliphatic carbocycles. The number of hydrogen-bond acceptors (Lipinski definition) is 3. The number of alkyl halides is 2. The smallest absolute Gasteiger partial charge is 0.250 e. The second kappa shape index (κ2) is 3.75. The Morgan fingerprint density at radius 1 is 1.25 bits per heavy atom. The van der Waals surface area contributed by atoms with Gasteiger partial charge in [-0.2, -0.15) is 0 Å². The van der Waals surface area contributed by atoms with Gasteiger partial charge in [0.1, 0.15) is 16.6 Å². The number of hydrogen-bond donors (Lipinski definition) is 1. The van der Waals surface area contributed by atoms with Gasteiger partial charge >= 0.3 is 0 Å². The van der Waals surface area contributed by atoms with Crippen LogP contribution in [-0.2, 0) is 5.41 Å². The van der Waals surface area contributed by atoms with Crippen LogP contribution < -0.4 is 5.73 Å². The summed E-state index contributed by atoms with van der Waals surface area (Å²) in [4.78, 5) is 7.51. The number of aromatic nitrogens is 2. The van der Waals surface area contributed by atoms with Gasteiger partial charge in [0.15, 0.2) is 0 Å². The van der Waals surface area contributed by atoms with Gasteiger partial charge < -0.3 is 5.73 Å². The molecule has 7 heteroatoms. The summed E-state index contributed by atoms with van der Waals surface area (Å²) in [6.07, 6.45) is 0.474. The third-order valence-electron chi connectivity index (χ3n) is 2.87. The summed E-state index contributed by atoms with van der Waals surface area (Å²) in [5.41, 5.74) is 5.00. The predicted molar refractivity (Wildman–Crippen MR) is 57.0 cm³/mol. The standard InChI is InChI=1S/C9H9Cl2F2N3/c10-6-5(7(11)16-4-15-6)8(3-14)1-9(12,13)2-8/h4H,1-3,14H2. The quantitative estimate of drug-likeness (QED) is 0.838. The van der Waals surface area contributed by atoms with E-state index in [0.717, 1.165) is 0 Å². The first-order valence-corrected chi connectivity index (χ1v) is 5.40. The third kappa shape index (κ3) is 1.77. The Hall–Kier alpha value is -0.520. The van der Waals surface area contributed by atoms with E-state index < -0.39 is 11.3 Å². The molecule has 3 nitrogen and oxygen atoms in total. The molecule has 0 amide bonds. The van der Waals surface area contributed by atoms with Crippen LogP contribution in [0.1, 0.15) is 18.4 Å². The van der Waals surface area contributed by atoms with Crippen molar-refractivity contribution in [3.05, 3.63) is 22.2 Å². The lowest BCUT2D eigenvalue weighted by Crippen LogP contribution is -2.54. The molecule has 1 aliphatic rings. The fourth-order valence-corrected chi connectivity index (χ4v) is 2.86. The molecule has 2 N–H and O–H groups in total. The zero-order chi connectivity index (χ0) is 12.0. The van der Waals surface area contributed by atoms with E-state index in [0.29, 0.717) is 5.56 Å². The van der Waals surface area contributed by atoms with Gasteiger partial charge in [-0.3, -0.25) is 0 Å². The maximum Gasteiger partial charge on any atom is 0.250 e. The second-order valence-corrected chi connectivity index (χ2v) is 4.74. The number of halogens is 4. The molecular formula is C9H9Cl2F2N3. The highest BCUT2D eigenvalue weighted by molar-refractivity contribution is 6.34. The zero-order valence-corrected chi connectivity index (χ0v) is 9.69. The maximum absolute atomic E-state index is 13.0. The molecule has 0 aromatic carbocycles. The summed E-state index contributed by atoms with van der Waals surface area (Å²) in [6.45, 7) is 0.0510. The molecule has 1 heterocycles. The Bertz CT molecular complexity index is 397. The summed E-state index contributed by atoms with van der Waals surface area (Å²) in [7, 11) is 0. The summed E-state index contributed by atoms with van der Waals surface area (Å²) < 4.78 is 26.0. The van der Waals surface area contributed by atoms with Crippen molar-refractivity contribution in [1.82, 2.24) is 9.97 Å². The van der Waals surface area contributed by atoms with Gasteiger partial charge in [0.25, 0.3) is 0 Å². The van der Waals surface area contributed by atoms with E-state index in [4.69, 9.17) is 28.9 Å². The van der Waals surface area contributed by atoms with E-state index in [2.05, 4.69) is 9.97 Å². The van der Waals surface area contributed by atoms with Crippen LogP contribution in [0.4, 0.5) is 8.78 Å². The van der Waals surface area contributed by atoms with Gasteiger partial charge in [0, 0.05) is 30.4 Å². The molecule has 16 heavy (non-hydrogen) atoms. The van der Waals surface area contributed by atoms with Gasteiger partial charge in [-0.05, 0) is 0 Å². The molecular weight excluding hydrogens is 259 g/mol. The van der Waals surface area contributed by atoms with Gasteiger partial charge in [-0.15, -0.1) is 0 Å². The van der Waals surface area contributed by atoms with Gasteiger partial charge in [0.2, 0.25) is 5.92 Å². The summed E-state index contributed by atoms with van der Waals surface area (Å²) in [5, 5.41) is 0.196. The first-order valence-electron chi connectivity index (χ1n) is 4.65. The molecule has 0 unspecified atom stereocenters. The minimum absolute atomic E-state index is 0.0510. The summed E-state index contributed by atoms with van der Waals surface area (Å²) in [5.74, 6) is -2.71. The van der Waals surface area contributed by atoms with Crippen LogP contribution in [-0.4, -0.2) is 22.4 Å². The van der Waals surface area contributed by atoms with E-state index in [1.807, 2.05) is 0 Å². The van der Waals surface area contributed by atoms with E-state index >= 15 is 0 Å². The molecule has 0 radical (unpaired) electrons. The normalized spacial score (nSPS) is 21.6. The molecule has 88 valence electrons. The van der Waals surface area contributed by atoms with Gasteiger partial charge in [-0.1, -0.05) is 23.2 Å². The van der Waals surface area contributed by atoms with Crippen LogP contribution in [0, 0.1) is 0 Å². The number of nitrogens with two attached hydrogens (primary N) is 1. The molecule has 0 saturated heterocycles. The van der Waals surface area contributed by atoms with Crippen molar-refractivity contribution in [2.75, 3.05) is 6.54 Å². The lowest BCUT2D eigenvalue weighted by atomic mass is 9.62. The molecule has 1 aromatic heterocycles. The Morgan fingerprint density at radius 2 is 1.75 bits per heavy atom. The molecule has 1 fully saturated rings. The zero-order valence-electron chi connectivity index (χ0n) is 8.18. The maximum atomic E-state index is 13.0. The van der Waals surface area contributed by atoms with Crippen LogP contribution >= 0.6 is 23.2 Å². The Balaban J connectivity index is 2.43. The van der Waals surface area contributed by atoms with Crippen molar-refractivity contribution in [1.29, 1.82) is 0 Å². The van der Waals surface area contributed by atoms with Gasteiger partial charge in [0.05, 0.1) is 0 Å². The van der Waals surface area contributed by atoms with Crippen LogP contribution in [0.2, 0.25) is 10.3 Å². The Kier molecular flexibility index (Phi) is 2.80. The highest BCUT2D eigenvalue weighted by atomic mass is 35.5. The molecule has 1 aromatic rings. The largest absolute Gasteiger partial charge is 0.330 e. The van der Waals surface area contributed by atoms with Gasteiger partial charge in [-0.25, -0.2) is 18.7 Å². The molecule has 2 rings (SSSR count). The van der Waals surface area contributed by atoms with Crippen LogP contribution in [0.15, 0.2) is 6.33 Å². The number of nitrogens with zero attached hydrogens (tertiary/aromatic N) is 2. The van der Waals surface area contributed by atoms with E-state index in [-0.39, 0.29) is 29.7 Å². The van der Waals surface area contributed by atoms with Crippen LogP contribution in [0.3, 0.4) is 0 Å². The van der Waals surface area contributed by atoms with Crippen LogP contribution in [0.5, 0.6) is 0 Å². The van der Waals surface area contributed by atoms with Crippen molar-refractivity contribution in [3.63, 3.8) is 0 Å². The highest BCUT2D eigenvalue weighted by Crippen LogP contribution is 2.55. The third-order valence-corrected chi connectivity index (χ3v) is 3.44. The Labute approximate surface area is 101 Å². The molecule has 0 bridgehead atoms. The lowest BCUT2D eigenvalue weighted by molar-refractivity contribution is -0.123. The lowest BCUT2D eigenvalue weighted by Gasteiger charge is -2.47. The summed E-state index contributed by atoms with van der Waals surface area (Å²) >= 11 is 11.7. The molecule has 1 saturated carbocycles. The predicted octanol–water partition coefficient (Wildman–Crippen LogP) is 2.41. The second-order valence-electron chi connectivity index (χ2n) is 4.02. The van der Waals surface area contributed by atoms with E-state index in [9.17, 15) is 8.78 Å². The minimum atomic E-state index is -2.71. The average molecular weight is 268 g/mol. The first kappa shape index (κ1) is 12.0. The number of rotatable bonds is 2. The highest BCUT2D eigenvalue weighted by Gasteiger charge is 2.58. The van der Waals surface area contributed by atoms with Crippen LogP contribution in [0.25, 0.3) is 0 Å². The minimum Gasteiger partial charge on any atom is -0.330 e. The molecule has 0 aliphatic heterocycles. The van der Waals surface area contributed by atoms with Crippen molar-refractivity contribution < 1.29 is 8.78 Å². The topological polar surface area (TPSA) is 51.8 Å². The average Bonchev–Trinajstić information content (AvgIpc) is 2.13. The van der Waals surface area contributed by atoms with E-state index in [1.54, 1.807) is 0 Å². The fourth-order valence-electron chi connectivity index (χ4n) is 2.14. The van der Waals surface area contributed by atoms with Crippen molar-refractivity contribution in [3.8, 4) is 0 Å². The fraction of sp³-hybridized carbons (Fsp3) is 0.556. The van der Waals surface area contributed by atoms with Crippen molar-refractivity contribution in [2.45, 2.75) is 24.2 Å². The van der Waals surface area contributed by atoms with Crippen molar-refractivity contribution in [2.24, 2.45) is 5.73 Å². The van der Waals surface area contributed by atoms with E-state index in [1.165, 1.54) is 6.33 Å².